The average Bonchev–Trinajstić information content (AvgIpc) is 2.57. The fourth-order valence-electron chi connectivity index (χ4n) is 4.36. The monoisotopic (exact) mass is 388 g/mol. The van der Waals surface area contributed by atoms with Gasteiger partial charge < -0.3 is 21.5 Å². The SMILES string of the molecule is CCCCCCCCCCCCCC[N+]12CCN(CC1)CC2.[Br-]. The number of hydrogen-bond acceptors (Lipinski definition) is 1. The standard InChI is InChI=1S/C20H41N2.BrH/c1-2-3-4-5-6-7-8-9-10-11-12-13-17-22-18-14-21(15-19-22)16-20-22;/h2-20H2,1H3;1H/q+1;/p-1. The molecule has 0 aromatic carbocycles. The van der Waals surface area contributed by atoms with E-state index in [1.807, 2.05) is 0 Å². The van der Waals surface area contributed by atoms with E-state index in [-0.39, 0.29) is 17.0 Å². The lowest BCUT2D eigenvalue weighted by Crippen LogP contribution is -3.00. The minimum Gasteiger partial charge on any atom is -1.00 e. The van der Waals surface area contributed by atoms with Crippen molar-refractivity contribution in [1.29, 1.82) is 0 Å². The number of quaternary nitrogens is 1. The van der Waals surface area contributed by atoms with Crippen LogP contribution in [0.15, 0.2) is 0 Å². The molecule has 3 fully saturated rings. The maximum absolute atomic E-state index is 2.66. The molecular formula is C20H41BrN2. The Labute approximate surface area is 156 Å². The van der Waals surface area contributed by atoms with Gasteiger partial charge in [0.15, 0.2) is 0 Å². The number of hydrogen-bond donors (Lipinski definition) is 0. The summed E-state index contributed by atoms with van der Waals surface area (Å²) < 4.78 is 1.47. The molecule has 0 atom stereocenters. The van der Waals surface area contributed by atoms with Crippen molar-refractivity contribution in [3.05, 3.63) is 0 Å². The minimum atomic E-state index is 0. The lowest BCUT2D eigenvalue weighted by Gasteiger charge is -2.50. The lowest BCUT2D eigenvalue weighted by molar-refractivity contribution is -0.941. The van der Waals surface area contributed by atoms with E-state index in [9.17, 15) is 0 Å². The number of piperazine rings is 3. The van der Waals surface area contributed by atoms with Crippen molar-refractivity contribution in [2.75, 3.05) is 45.8 Å². The van der Waals surface area contributed by atoms with Gasteiger partial charge >= 0.3 is 0 Å². The summed E-state index contributed by atoms with van der Waals surface area (Å²) in [6, 6.07) is 0. The van der Waals surface area contributed by atoms with Crippen LogP contribution in [0.5, 0.6) is 0 Å². The zero-order valence-corrected chi connectivity index (χ0v) is 17.3. The van der Waals surface area contributed by atoms with Crippen molar-refractivity contribution in [3.8, 4) is 0 Å². The molecule has 0 saturated carbocycles. The Kier molecular flexibility index (Phi) is 11.9. The Balaban J connectivity index is 0.00000264. The van der Waals surface area contributed by atoms with Crippen LogP contribution >= 0.6 is 0 Å². The fraction of sp³-hybridized carbons (Fsp3) is 1.00. The molecule has 3 aliphatic rings. The van der Waals surface area contributed by atoms with Crippen molar-refractivity contribution < 1.29 is 21.5 Å². The van der Waals surface area contributed by atoms with Crippen LogP contribution in [0.1, 0.15) is 84.0 Å². The first-order chi connectivity index (χ1) is 10.8. The molecule has 0 N–H and O–H groups in total. The number of nitrogens with zero attached hydrogens (tertiary/aromatic N) is 2. The number of rotatable bonds is 13. The topological polar surface area (TPSA) is 3.24 Å². The molecule has 0 aromatic rings. The van der Waals surface area contributed by atoms with Crippen molar-refractivity contribution >= 4 is 0 Å². The van der Waals surface area contributed by atoms with Crippen LogP contribution in [0.4, 0.5) is 0 Å². The third-order valence-corrected chi connectivity index (χ3v) is 6.16. The van der Waals surface area contributed by atoms with Gasteiger partial charge in [0.1, 0.15) is 0 Å². The van der Waals surface area contributed by atoms with Gasteiger partial charge in [0.05, 0.1) is 26.2 Å². The van der Waals surface area contributed by atoms with Crippen LogP contribution in [0.25, 0.3) is 0 Å². The Morgan fingerprint density at radius 2 is 1.00 bits per heavy atom. The third kappa shape index (κ3) is 8.36. The predicted molar refractivity (Wildman–Crippen MR) is 97.2 cm³/mol. The summed E-state index contributed by atoms with van der Waals surface area (Å²) in [5.74, 6) is 0. The van der Waals surface area contributed by atoms with E-state index >= 15 is 0 Å². The molecule has 0 radical (unpaired) electrons. The van der Waals surface area contributed by atoms with Gasteiger partial charge in [-0.05, 0) is 12.8 Å². The van der Waals surface area contributed by atoms with E-state index in [0.717, 1.165) is 0 Å². The van der Waals surface area contributed by atoms with Gasteiger partial charge in [0, 0.05) is 19.6 Å². The van der Waals surface area contributed by atoms with E-state index < -0.39 is 0 Å². The van der Waals surface area contributed by atoms with Crippen LogP contribution in [0.3, 0.4) is 0 Å². The highest BCUT2D eigenvalue weighted by atomic mass is 79.9. The molecule has 23 heavy (non-hydrogen) atoms. The summed E-state index contributed by atoms with van der Waals surface area (Å²) >= 11 is 0. The molecule has 3 heteroatoms. The maximum atomic E-state index is 2.66. The van der Waals surface area contributed by atoms with Crippen LogP contribution in [-0.4, -0.2) is 55.2 Å². The number of halogens is 1. The maximum Gasteiger partial charge on any atom is 0.0916 e. The first-order valence-corrected chi connectivity index (χ1v) is 10.4. The van der Waals surface area contributed by atoms with Gasteiger partial charge in [-0.2, -0.15) is 0 Å². The van der Waals surface area contributed by atoms with E-state index in [1.165, 1.54) is 127 Å². The summed E-state index contributed by atoms with van der Waals surface area (Å²) in [4.78, 5) is 2.66. The second-order valence-corrected chi connectivity index (χ2v) is 7.97. The second-order valence-electron chi connectivity index (χ2n) is 7.97. The Morgan fingerprint density at radius 1 is 0.609 bits per heavy atom. The van der Waals surface area contributed by atoms with Gasteiger partial charge in [0.25, 0.3) is 0 Å². The molecular weight excluding hydrogens is 348 g/mol. The summed E-state index contributed by atoms with van der Waals surface area (Å²) in [6.07, 6.45) is 17.7. The summed E-state index contributed by atoms with van der Waals surface area (Å²) in [6.45, 7) is 12.2. The normalized spacial score (nSPS) is 26.2. The summed E-state index contributed by atoms with van der Waals surface area (Å²) in [5, 5.41) is 0. The van der Waals surface area contributed by atoms with E-state index in [1.54, 1.807) is 0 Å². The molecule has 0 aliphatic carbocycles. The fourth-order valence-corrected chi connectivity index (χ4v) is 4.36. The van der Waals surface area contributed by atoms with Crippen molar-refractivity contribution in [2.45, 2.75) is 84.0 Å². The predicted octanol–water partition coefficient (Wildman–Crippen LogP) is 1.84. The van der Waals surface area contributed by atoms with Crippen LogP contribution < -0.4 is 17.0 Å². The highest BCUT2D eigenvalue weighted by Crippen LogP contribution is 2.21. The zero-order valence-electron chi connectivity index (χ0n) is 15.7. The van der Waals surface area contributed by atoms with Crippen LogP contribution in [0, 0.1) is 0 Å². The van der Waals surface area contributed by atoms with Gasteiger partial charge in [-0.1, -0.05) is 71.1 Å². The quantitative estimate of drug-likeness (QED) is 0.343. The summed E-state index contributed by atoms with van der Waals surface area (Å²) in [7, 11) is 0. The smallest absolute Gasteiger partial charge is 0.0916 e. The molecule has 3 saturated heterocycles. The van der Waals surface area contributed by atoms with Gasteiger partial charge in [0.2, 0.25) is 0 Å². The third-order valence-electron chi connectivity index (χ3n) is 6.16. The molecule has 0 amide bonds. The first kappa shape index (κ1) is 21.4. The second kappa shape index (κ2) is 12.7. The van der Waals surface area contributed by atoms with Crippen molar-refractivity contribution in [1.82, 2.24) is 4.90 Å². The Bertz CT molecular complexity index is 261. The average molecular weight is 389 g/mol. The van der Waals surface area contributed by atoms with Gasteiger partial charge in [-0.25, -0.2) is 0 Å². The highest BCUT2D eigenvalue weighted by molar-refractivity contribution is 4.70. The zero-order chi connectivity index (χ0) is 15.5. The highest BCUT2D eigenvalue weighted by Gasteiger charge is 2.37. The Hall–Kier alpha value is 0.400. The van der Waals surface area contributed by atoms with Crippen LogP contribution in [-0.2, 0) is 0 Å². The summed E-state index contributed by atoms with van der Waals surface area (Å²) in [5.41, 5.74) is 0. The molecule has 0 spiro atoms. The Morgan fingerprint density at radius 3 is 1.43 bits per heavy atom. The molecule has 3 heterocycles. The largest absolute Gasteiger partial charge is 1.00 e. The lowest BCUT2D eigenvalue weighted by atomic mass is 10.0. The molecule has 3 rings (SSSR count). The molecule has 2 nitrogen and oxygen atoms in total. The molecule has 138 valence electrons. The molecule has 0 unspecified atom stereocenters. The van der Waals surface area contributed by atoms with Crippen LogP contribution in [0.2, 0.25) is 0 Å². The molecule has 3 aliphatic heterocycles. The first-order valence-electron chi connectivity index (χ1n) is 10.4. The molecule has 2 bridgehead atoms. The van der Waals surface area contributed by atoms with Gasteiger partial charge in [-0.3, -0.25) is 4.90 Å². The molecule has 0 aromatic heterocycles. The number of fused-ring (bicyclic) bond motifs is 3. The van der Waals surface area contributed by atoms with E-state index in [2.05, 4.69) is 11.8 Å². The van der Waals surface area contributed by atoms with Crippen molar-refractivity contribution in [2.24, 2.45) is 0 Å². The van der Waals surface area contributed by atoms with E-state index in [0.29, 0.717) is 0 Å². The van der Waals surface area contributed by atoms with Crippen molar-refractivity contribution in [3.63, 3.8) is 0 Å². The van der Waals surface area contributed by atoms with E-state index in [4.69, 9.17) is 0 Å². The minimum absolute atomic E-state index is 0. The number of unbranched alkanes of at least 4 members (excludes halogenated alkanes) is 11. The van der Waals surface area contributed by atoms with Gasteiger partial charge in [-0.15, -0.1) is 0 Å².